The Morgan fingerprint density at radius 3 is 2.30 bits per heavy atom. The first-order valence-corrected chi connectivity index (χ1v) is 14.8. The van der Waals surface area contributed by atoms with Gasteiger partial charge in [-0.25, -0.2) is 9.79 Å². The van der Waals surface area contributed by atoms with E-state index in [1.165, 1.54) is 18.2 Å². The number of aromatic carboxylic acids is 1. The van der Waals surface area contributed by atoms with Crippen molar-refractivity contribution in [1.82, 2.24) is 0 Å². The van der Waals surface area contributed by atoms with Gasteiger partial charge in [0.2, 0.25) is 0 Å². The van der Waals surface area contributed by atoms with E-state index in [2.05, 4.69) is 10.3 Å². The van der Waals surface area contributed by atoms with Gasteiger partial charge in [0.1, 0.15) is 11.3 Å². The molecule has 1 aliphatic carbocycles. The maximum Gasteiger partial charge on any atom is 0.336 e. The topological polar surface area (TPSA) is 129 Å². The van der Waals surface area contributed by atoms with E-state index in [9.17, 15) is 22.9 Å². The summed E-state index contributed by atoms with van der Waals surface area (Å²) in [4.78, 5) is 16.7. The Balaban J connectivity index is 0.00000384. The number of carbonyl (C=O) groups is 1. The molecule has 0 unspecified atom stereocenters. The Bertz CT molecular complexity index is 2210. The first kappa shape index (κ1) is 31.2. The van der Waals surface area contributed by atoms with Crippen molar-refractivity contribution in [1.29, 1.82) is 0 Å². The van der Waals surface area contributed by atoms with Crippen molar-refractivity contribution in [2.75, 3.05) is 5.32 Å². The molecule has 0 amide bonds. The van der Waals surface area contributed by atoms with E-state index < -0.39 is 16.1 Å². The van der Waals surface area contributed by atoms with E-state index in [0.717, 1.165) is 27.9 Å². The van der Waals surface area contributed by atoms with Gasteiger partial charge in [-0.3, -0.25) is 4.55 Å². The van der Waals surface area contributed by atoms with E-state index in [0.29, 0.717) is 39.1 Å². The molecule has 0 spiro atoms. The summed E-state index contributed by atoms with van der Waals surface area (Å²) in [5.41, 5.74) is 6.63. The smallest absolute Gasteiger partial charge is 0.336 e. The van der Waals surface area contributed by atoms with Gasteiger partial charge in [-0.05, 0) is 85.1 Å². The first-order chi connectivity index (χ1) is 20.6. The monoisotopic (exact) mass is 613 g/mol. The summed E-state index contributed by atoms with van der Waals surface area (Å²) in [5.74, 6) is -0.546. The van der Waals surface area contributed by atoms with Gasteiger partial charge in [-0.2, -0.15) is 8.42 Å². The molecule has 3 N–H and O–H groups in total. The molecule has 0 saturated heterocycles. The number of benzene rings is 5. The van der Waals surface area contributed by atoms with Crippen molar-refractivity contribution in [2.24, 2.45) is 4.99 Å². The molecule has 1 radical (unpaired) electrons. The second-order valence-electron chi connectivity index (χ2n) is 10.2. The maximum atomic E-state index is 12.2. The minimum atomic E-state index is -4.34. The number of nitrogens with one attached hydrogen (secondary N) is 1. The van der Waals surface area contributed by atoms with Gasteiger partial charge >= 0.3 is 5.97 Å². The van der Waals surface area contributed by atoms with Crippen LogP contribution in [0.3, 0.4) is 0 Å². The quantitative estimate of drug-likeness (QED) is 0.102. The molecule has 6 rings (SSSR count). The number of fused-ring (bicyclic) bond motifs is 2. The first-order valence-electron chi connectivity index (χ1n) is 13.4. The summed E-state index contributed by atoms with van der Waals surface area (Å²) >= 11 is 0. The number of hydrogen-bond donors (Lipinski definition) is 3. The van der Waals surface area contributed by atoms with Crippen molar-refractivity contribution < 1.29 is 27.3 Å². The van der Waals surface area contributed by atoms with Crippen molar-refractivity contribution in [3.8, 4) is 22.5 Å². The van der Waals surface area contributed by atoms with Crippen molar-refractivity contribution in [3.05, 3.63) is 125 Å². The van der Waals surface area contributed by atoms with Gasteiger partial charge in [-0.1, -0.05) is 36.4 Å². The van der Waals surface area contributed by atoms with Crippen LogP contribution in [0.2, 0.25) is 0 Å². The molecule has 0 bridgehead atoms. The number of rotatable bonds is 6. The van der Waals surface area contributed by atoms with E-state index in [4.69, 9.17) is 4.42 Å². The Kier molecular flexibility index (Phi) is 8.78. The predicted octanol–water partition coefficient (Wildman–Crippen LogP) is 7.36. The molecule has 2 aliphatic rings. The molecule has 0 aromatic heterocycles. The normalized spacial score (nSPS) is 11.8. The largest absolute Gasteiger partial charge is 0.478 e. The Labute approximate surface area is 276 Å². The minimum absolute atomic E-state index is 0. The summed E-state index contributed by atoms with van der Waals surface area (Å²) < 4.78 is 38.9. The summed E-state index contributed by atoms with van der Waals surface area (Å²) in [6.07, 6.45) is 0. The van der Waals surface area contributed by atoms with E-state index in [1.807, 2.05) is 55.5 Å². The van der Waals surface area contributed by atoms with Crippen LogP contribution in [0.25, 0.3) is 33.4 Å². The zero-order chi connectivity index (χ0) is 30.3. The zero-order valence-electron chi connectivity index (χ0n) is 24.2. The molecular formula is C34H26N2NaO6S. The van der Waals surface area contributed by atoms with Crippen LogP contribution < -0.4 is 10.7 Å². The molecule has 0 atom stereocenters. The molecule has 0 fully saturated rings. The molecule has 10 heteroatoms. The fourth-order valence-corrected chi connectivity index (χ4v) is 5.69. The molecule has 215 valence electrons. The number of hydrogen-bond acceptors (Lipinski definition) is 6. The maximum absolute atomic E-state index is 12.2. The molecule has 4 aromatic rings. The number of anilines is 2. The number of nitrogens with zero attached hydrogens (tertiary/aromatic N) is 1. The summed E-state index contributed by atoms with van der Waals surface area (Å²) in [6.45, 7) is 3.72. The van der Waals surface area contributed by atoms with Gasteiger partial charge in [0.05, 0.1) is 21.5 Å². The molecule has 44 heavy (non-hydrogen) atoms. The van der Waals surface area contributed by atoms with E-state index >= 15 is 0 Å². The third-order valence-corrected chi connectivity index (χ3v) is 8.12. The number of carboxylic acids is 1. The second kappa shape index (κ2) is 12.4. The molecule has 1 aliphatic heterocycles. The fraction of sp³-hybridized carbons (Fsp3) is 0.0588. The predicted molar refractivity (Wildman–Crippen MR) is 172 cm³/mol. The van der Waals surface area contributed by atoms with Gasteiger partial charge in [0.25, 0.3) is 10.1 Å². The van der Waals surface area contributed by atoms with Crippen LogP contribution in [0.5, 0.6) is 0 Å². The van der Waals surface area contributed by atoms with E-state index in [1.54, 1.807) is 43.3 Å². The average molecular weight is 614 g/mol. The molecule has 8 nitrogen and oxygen atoms in total. The molecule has 1 heterocycles. The van der Waals surface area contributed by atoms with E-state index in [-0.39, 0.29) is 40.0 Å². The molecule has 4 aromatic carbocycles. The zero-order valence-corrected chi connectivity index (χ0v) is 27.0. The van der Waals surface area contributed by atoms with Crippen LogP contribution in [-0.4, -0.2) is 53.6 Å². The molecular weight excluding hydrogens is 587 g/mol. The van der Waals surface area contributed by atoms with Crippen molar-refractivity contribution in [3.63, 3.8) is 0 Å². The summed E-state index contributed by atoms with van der Waals surface area (Å²) in [7, 11) is -4.34. The van der Waals surface area contributed by atoms with Crippen LogP contribution in [0.15, 0.2) is 117 Å². The Morgan fingerprint density at radius 2 is 1.57 bits per heavy atom. The third kappa shape index (κ3) is 6.19. The average Bonchev–Trinajstić information content (AvgIpc) is 2.97. The second-order valence-corrected chi connectivity index (χ2v) is 11.6. The van der Waals surface area contributed by atoms with Crippen molar-refractivity contribution in [2.45, 2.75) is 18.7 Å². The van der Waals surface area contributed by atoms with Crippen LogP contribution in [0.1, 0.15) is 21.5 Å². The summed E-state index contributed by atoms with van der Waals surface area (Å²) in [5, 5.41) is 14.7. The van der Waals surface area contributed by atoms with Gasteiger partial charge in [0, 0.05) is 69.6 Å². The van der Waals surface area contributed by atoms with Crippen LogP contribution >= 0.6 is 0 Å². The Morgan fingerprint density at radius 1 is 0.818 bits per heavy atom. The van der Waals surface area contributed by atoms with Gasteiger partial charge in [0.15, 0.2) is 0 Å². The number of carboxylic acid groups (broad SMARTS) is 1. The van der Waals surface area contributed by atoms with Gasteiger partial charge in [-0.15, -0.1) is 0 Å². The molecule has 0 saturated carbocycles. The standard InChI is InChI=1S/C34H26N2O6S.Na/c1-20-7-3-6-10-29(20)35-22-11-14-27-31(18-22)42-32-19-23(36-30-16-13-24(17-21(30)2)43(39,40)41)12-15-28(32)33(27)25-8-4-5-9-26(25)34(37)38;/h3-19,35H,1-2H3,(H,37,38)(H,39,40,41);. The summed E-state index contributed by atoms with van der Waals surface area (Å²) in [6, 6.07) is 30.1. The Hall–Kier alpha value is -4.25. The third-order valence-electron chi connectivity index (χ3n) is 7.27. The van der Waals surface area contributed by atoms with Crippen LogP contribution in [0, 0.1) is 13.8 Å². The minimum Gasteiger partial charge on any atom is -0.478 e. The number of para-hydroxylation sites is 1. The van der Waals surface area contributed by atoms with Crippen LogP contribution in [0.4, 0.5) is 17.1 Å². The van der Waals surface area contributed by atoms with Crippen LogP contribution in [-0.2, 0) is 10.1 Å². The number of aryl methyl sites for hydroxylation is 2. The van der Waals surface area contributed by atoms with Gasteiger partial charge < -0.3 is 14.8 Å². The fourth-order valence-electron chi connectivity index (χ4n) is 5.13. The van der Waals surface area contributed by atoms with Crippen molar-refractivity contribution >= 4 is 73.7 Å². The SMILES string of the molecule is Cc1cc(S(=O)(=O)O)ccc1N=c1ccc2c(-c3ccccc3C(=O)O)c3ccc(Nc4ccccc4C)cc3oc-2c1.[Na].